The lowest BCUT2D eigenvalue weighted by atomic mass is 10.1. The Morgan fingerprint density at radius 2 is 1.65 bits per heavy atom. The monoisotopic (exact) mass is 422 g/mol. The molecule has 160 valence electrons. The van der Waals surface area contributed by atoms with Crippen molar-refractivity contribution in [2.75, 3.05) is 13.7 Å². The molecule has 1 unspecified atom stereocenters. The summed E-state index contributed by atoms with van der Waals surface area (Å²) in [5.41, 5.74) is 1.91. The first-order valence-corrected chi connectivity index (χ1v) is 9.55. The van der Waals surface area contributed by atoms with Crippen LogP contribution < -0.4 is 5.32 Å². The van der Waals surface area contributed by atoms with Crippen LogP contribution in [0.5, 0.6) is 0 Å². The maximum atomic E-state index is 12.4. The van der Waals surface area contributed by atoms with E-state index in [9.17, 15) is 14.4 Å². The molecule has 3 aromatic rings. The van der Waals surface area contributed by atoms with Gasteiger partial charge in [-0.1, -0.05) is 48.5 Å². The van der Waals surface area contributed by atoms with E-state index < -0.39 is 30.5 Å². The van der Waals surface area contributed by atoms with Gasteiger partial charge in [-0.15, -0.1) is 5.10 Å². The summed E-state index contributed by atoms with van der Waals surface area (Å²) < 4.78 is 9.82. The normalized spacial score (nSPS) is 11.4. The number of amides is 1. The largest absolute Gasteiger partial charge is 0.467 e. The highest BCUT2D eigenvalue weighted by Crippen LogP contribution is 2.09. The van der Waals surface area contributed by atoms with E-state index in [4.69, 9.17) is 9.47 Å². The maximum absolute atomic E-state index is 12.4. The van der Waals surface area contributed by atoms with Crippen molar-refractivity contribution in [3.05, 3.63) is 77.6 Å². The number of hydrogen-bond acceptors (Lipinski definition) is 7. The summed E-state index contributed by atoms with van der Waals surface area (Å²) in [6, 6.07) is 17.4. The Bertz CT molecular complexity index is 1050. The Labute approximate surface area is 179 Å². The quantitative estimate of drug-likeness (QED) is 0.549. The first kappa shape index (κ1) is 21.7. The average molecular weight is 422 g/mol. The zero-order valence-corrected chi connectivity index (χ0v) is 17.1. The topological polar surface area (TPSA) is 112 Å². The number of esters is 2. The number of para-hydroxylation sites is 1. The van der Waals surface area contributed by atoms with Crippen LogP contribution >= 0.6 is 0 Å². The Hall–Kier alpha value is -4.01. The minimum Gasteiger partial charge on any atom is -0.467 e. The predicted octanol–water partition coefficient (Wildman–Crippen LogP) is 1.63. The first-order chi connectivity index (χ1) is 15.0. The van der Waals surface area contributed by atoms with Crippen LogP contribution in [0, 0.1) is 6.92 Å². The van der Waals surface area contributed by atoms with Crippen LogP contribution in [0.15, 0.2) is 60.7 Å². The van der Waals surface area contributed by atoms with Gasteiger partial charge in [0.25, 0.3) is 5.91 Å². The third-order valence-electron chi connectivity index (χ3n) is 4.40. The average Bonchev–Trinajstić information content (AvgIpc) is 3.19. The molecule has 9 nitrogen and oxygen atoms in total. The fraction of sp³-hybridized carbons (Fsp3) is 0.227. The van der Waals surface area contributed by atoms with Gasteiger partial charge in [0.15, 0.2) is 12.3 Å². The second kappa shape index (κ2) is 10.1. The summed E-state index contributed by atoms with van der Waals surface area (Å²) >= 11 is 0. The van der Waals surface area contributed by atoms with E-state index in [0.717, 1.165) is 5.56 Å². The maximum Gasteiger partial charge on any atom is 0.361 e. The number of aromatic nitrogens is 3. The summed E-state index contributed by atoms with van der Waals surface area (Å²) in [6.07, 6.45) is 0.248. The summed E-state index contributed by atoms with van der Waals surface area (Å²) in [4.78, 5) is 38.0. The Morgan fingerprint density at radius 1 is 1.00 bits per heavy atom. The third kappa shape index (κ3) is 5.75. The number of carbonyl (C=O) groups is 3. The summed E-state index contributed by atoms with van der Waals surface area (Å²) in [7, 11) is 1.24. The molecule has 1 N–H and O–H groups in total. The summed E-state index contributed by atoms with van der Waals surface area (Å²) in [5, 5.41) is 10.9. The summed E-state index contributed by atoms with van der Waals surface area (Å²) in [6.45, 7) is 1.05. The van der Waals surface area contributed by atoms with E-state index in [1.165, 1.54) is 11.9 Å². The molecule has 0 aliphatic rings. The minimum atomic E-state index is -0.903. The SMILES string of the molecule is COC(=O)C(Cc1ccccc1)NC(=O)COC(=O)c1nn(-c2ccccc2)nc1C. The molecule has 1 atom stereocenters. The van der Waals surface area contributed by atoms with E-state index in [1.807, 2.05) is 48.5 Å². The van der Waals surface area contributed by atoms with Crippen LogP contribution in [-0.2, 0) is 25.5 Å². The molecule has 2 aromatic carbocycles. The molecule has 31 heavy (non-hydrogen) atoms. The van der Waals surface area contributed by atoms with E-state index in [0.29, 0.717) is 11.4 Å². The number of aryl methyl sites for hydroxylation is 1. The number of carbonyl (C=O) groups excluding carboxylic acids is 3. The van der Waals surface area contributed by atoms with Gasteiger partial charge in [-0.2, -0.15) is 9.90 Å². The zero-order valence-electron chi connectivity index (χ0n) is 17.1. The molecular formula is C22H22N4O5. The molecule has 3 rings (SSSR count). The molecule has 1 heterocycles. The van der Waals surface area contributed by atoms with Crippen molar-refractivity contribution in [3.63, 3.8) is 0 Å². The predicted molar refractivity (Wildman–Crippen MR) is 110 cm³/mol. The van der Waals surface area contributed by atoms with Crippen LogP contribution in [0.4, 0.5) is 0 Å². The molecule has 9 heteroatoms. The fourth-order valence-electron chi connectivity index (χ4n) is 2.87. The number of nitrogens with zero attached hydrogens (tertiary/aromatic N) is 3. The van der Waals surface area contributed by atoms with Gasteiger partial charge in [0.05, 0.1) is 18.5 Å². The van der Waals surface area contributed by atoms with Gasteiger partial charge in [0.2, 0.25) is 0 Å². The molecule has 1 amide bonds. The second-order valence-electron chi connectivity index (χ2n) is 6.67. The molecular weight excluding hydrogens is 400 g/mol. The van der Waals surface area contributed by atoms with Crippen molar-refractivity contribution in [3.8, 4) is 5.69 Å². The van der Waals surface area contributed by atoms with Crippen molar-refractivity contribution in [1.29, 1.82) is 0 Å². The lowest BCUT2D eigenvalue weighted by molar-refractivity contribution is -0.145. The fourth-order valence-corrected chi connectivity index (χ4v) is 2.87. The van der Waals surface area contributed by atoms with E-state index >= 15 is 0 Å². The van der Waals surface area contributed by atoms with Gasteiger partial charge in [-0.3, -0.25) is 4.79 Å². The molecule has 0 bridgehead atoms. The van der Waals surface area contributed by atoms with Crippen molar-refractivity contribution in [1.82, 2.24) is 20.3 Å². The van der Waals surface area contributed by atoms with Crippen LogP contribution in [-0.4, -0.2) is 52.6 Å². The molecule has 0 aliphatic heterocycles. The number of hydrogen-bond donors (Lipinski definition) is 1. The number of benzene rings is 2. The smallest absolute Gasteiger partial charge is 0.361 e. The Kier molecular flexibility index (Phi) is 7.10. The lowest BCUT2D eigenvalue weighted by Crippen LogP contribution is -2.44. The van der Waals surface area contributed by atoms with Crippen molar-refractivity contribution < 1.29 is 23.9 Å². The molecule has 1 aromatic heterocycles. The second-order valence-corrected chi connectivity index (χ2v) is 6.67. The third-order valence-corrected chi connectivity index (χ3v) is 4.40. The van der Waals surface area contributed by atoms with Crippen LogP contribution in [0.25, 0.3) is 5.69 Å². The van der Waals surface area contributed by atoms with E-state index in [2.05, 4.69) is 15.5 Å². The molecule has 0 saturated heterocycles. The molecule has 0 radical (unpaired) electrons. The Morgan fingerprint density at radius 3 is 2.29 bits per heavy atom. The number of methoxy groups -OCH3 is 1. The van der Waals surface area contributed by atoms with Crippen LogP contribution in [0.1, 0.15) is 21.7 Å². The number of nitrogens with one attached hydrogen (secondary N) is 1. The highest BCUT2D eigenvalue weighted by atomic mass is 16.5. The van der Waals surface area contributed by atoms with Crippen molar-refractivity contribution in [2.24, 2.45) is 0 Å². The summed E-state index contributed by atoms with van der Waals surface area (Å²) in [5.74, 6) is -2.01. The van der Waals surface area contributed by atoms with Gasteiger partial charge in [-0.05, 0) is 24.6 Å². The molecule has 0 saturated carbocycles. The highest BCUT2D eigenvalue weighted by Gasteiger charge is 2.24. The van der Waals surface area contributed by atoms with Gasteiger partial charge in [0.1, 0.15) is 6.04 Å². The van der Waals surface area contributed by atoms with Gasteiger partial charge in [-0.25, -0.2) is 9.59 Å². The first-order valence-electron chi connectivity index (χ1n) is 9.55. The van der Waals surface area contributed by atoms with E-state index in [-0.39, 0.29) is 12.1 Å². The van der Waals surface area contributed by atoms with E-state index in [1.54, 1.807) is 19.1 Å². The van der Waals surface area contributed by atoms with Crippen LogP contribution in [0.3, 0.4) is 0 Å². The lowest BCUT2D eigenvalue weighted by Gasteiger charge is -2.16. The highest BCUT2D eigenvalue weighted by molar-refractivity contribution is 5.91. The van der Waals surface area contributed by atoms with Gasteiger partial charge >= 0.3 is 11.9 Å². The minimum absolute atomic E-state index is 0.00505. The standard InChI is InChI=1S/C22H22N4O5/c1-15-20(25-26(24-15)17-11-7-4-8-12-17)22(29)31-14-19(27)23-18(21(28)30-2)13-16-9-5-3-6-10-16/h3-12,18H,13-14H2,1-2H3,(H,23,27). The van der Waals surface area contributed by atoms with Gasteiger partial charge in [0, 0.05) is 6.42 Å². The Balaban J connectivity index is 1.59. The van der Waals surface area contributed by atoms with Gasteiger partial charge < -0.3 is 14.8 Å². The number of ether oxygens (including phenoxy) is 2. The van der Waals surface area contributed by atoms with Crippen molar-refractivity contribution >= 4 is 17.8 Å². The molecule has 0 spiro atoms. The van der Waals surface area contributed by atoms with Crippen LogP contribution in [0.2, 0.25) is 0 Å². The zero-order chi connectivity index (χ0) is 22.2. The van der Waals surface area contributed by atoms with Crippen molar-refractivity contribution in [2.45, 2.75) is 19.4 Å². The number of rotatable bonds is 8. The molecule has 0 aliphatic carbocycles. The molecule has 0 fully saturated rings.